The molecule has 4 aromatic rings. The normalized spacial score (nSPS) is 15.0. The second kappa shape index (κ2) is 8.39. The van der Waals surface area contributed by atoms with Crippen LogP contribution in [0, 0.1) is 5.82 Å². The van der Waals surface area contributed by atoms with Crippen molar-refractivity contribution in [3.8, 4) is 5.75 Å². The molecular formula is C27H20FNO4. The Labute approximate surface area is 189 Å². The van der Waals surface area contributed by atoms with E-state index in [9.17, 15) is 14.0 Å². The zero-order chi connectivity index (χ0) is 22.9. The zero-order valence-corrected chi connectivity index (χ0v) is 17.7. The van der Waals surface area contributed by atoms with Gasteiger partial charge >= 0.3 is 0 Å². The summed E-state index contributed by atoms with van der Waals surface area (Å²) in [6.45, 7) is 4.26. The van der Waals surface area contributed by atoms with Gasteiger partial charge in [0, 0.05) is 6.54 Å². The van der Waals surface area contributed by atoms with Crippen molar-refractivity contribution in [1.29, 1.82) is 0 Å². The van der Waals surface area contributed by atoms with Gasteiger partial charge in [0.1, 0.15) is 23.8 Å². The fourth-order valence-electron chi connectivity index (χ4n) is 4.21. The van der Waals surface area contributed by atoms with Crippen LogP contribution in [0.25, 0.3) is 11.0 Å². The highest BCUT2D eigenvalue weighted by Gasteiger charge is 2.42. The minimum atomic E-state index is -0.705. The molecule has 0 saturated carbocycles. The molecule has 0 radical (unpaired) electrons. The topological polar surface area (TPSA) is 59.8 Å². The van der Waals surface area contributed by atoms with Gasteiger partial charge in [0.15, 0.2) is 5.43 Å². The van der Waals surface area contributed by atoms with E-state index >= 15 is 0 Å². The Kier molecular flexibility index (Phi) is 5.26. The summed E-state index contributed by atoms with van der Waals surface area (Å²) >= 11 is 0. The Balaban J connectivity index is 1.70. The van der Waals surface area contributed by atoms with Crippen LogP contribution in [-0.4, -0.2) is 17.4 Å². The highest BCUT2D eigenvalue weighted by Crippen LogP contribution is 2.40. The van der Waals surface area contributed by atoms with Crippen molar-refractivity contribution in [1.82, 2.24) is 4.90 Å². The molecule has 1 aliphatic rings. The highest BCUT2D eigenvalue weighted by molar-refractivity contribution is 5.99. The number of nitrogens with zero attached hydrogens (tertiary/aromatic N) is 1. The van der Waals surface area contributed by atoms with Gasteiger partial charge < -0.3 is 14.1 Å². The SMILES string of the molecule is C=CCOc1cccc(C2c3c(oc4ccc(F)cc4c3=O)C(=O)N2Cc2ccccc2)c1. The number of halogens is 1. The summed E-state index contributed by atoms with van der Waals surface area (Å²) in [6, 6.07) is 19.8. The van der Waals surface area contributed by atoms with Crippen LogP contribution in [0.1, 0.15) is 33.3 Å². The summed E-state index contributed by atoms with van der Waals surface area (Å²) in [7, 11) is 0. The largest absolute Gasteiger partial charge is 0.490 e. The predicted octanol–water partition coefficient (Wildman–Crippen LogP) is 5.24. The molecular weight excluding hydrogens is 421 g/mol. The molecule has 164 valence electrons. The van der Waals surface area contributed by atoms with Crippen LogP contribution in [-0.2, 0) is 6.54 Å². The first kappa shape index (κ1) is 20.7. The molecule has 33 heavy (non-hydrogen) atoms. The zero-order valence-electron chi connectivity index (χ0n) is 17.7. The van der Waals surface area contributed by atoms with Crippen molar-refractivity contribution in [3.05, 3.63) is 124 Å². The monoisotopic (exact) mass is 441 g/mol. The van der Waals surface area contributed by atoms with Gasteiger partial charge in [-0.3, -0.25) is 9.59 Å². The Morgan fingerprint density at radius 1 is 1.03 bits per heavy atom. The molecule has 0 spiro atoms. The maximum atomic E-state index is 13.9. The van der Waals surface area contributed by atoms with Crippen LogP contribution in [0.5, 0.6) is 5.75 Å². The fourth-order valence-corrected chi connectivity index (χ4v) is 4.21. The first-order chi connectivity index (χ1) is 16.1. The van der Waals surface area contributed by atoms with E-state index in [0.717, 1.165) is 11.6 Å². The van der Waals surface area contributed by atoms with Gasteiger partial charge in [0.2, 0.25) is 5.76 Å². The van der Waals surface area contributed by atoms with E-state index in [1.54, 1.807) is 29.2 Å². The summed E-state index contributed by atoms with van der Waals surface area (Å²) in [5, 5.41) is 0.104. The lowest BCUT2D eigenvalue weighted by molar-refractivity contribution is 0.0714. The molecule has 0 N–H and O–H groups in total. The lowest BCUT2D eigenvalue weighted by Gasteiger charge is -2.25. The number of amides is 1. The molecule has 0 bridgehead atoms. The van der Waals surface area contributed by atoms with E-state index in [1.165, 1.54) is 12.1 Å². The van der Waals surface area contributed by atoms with Crippen molar-refractivity contribution >= 4 is 16.9 Å². The first-order valence-electron chi connectivity index (χ1n) is 10.5. The third kappa shape index (κ3) is 3.69. The van der Waals surface area contributed by atoms with Crippen LogP contribution in [0.3, 0.4) is 0 Å². The fraction of sp³-hybridized carbons (Fsp3) is 0.111. The standard InChI is InChI=1S/C27H20FNO4/c1-2-13-32-20-10-6-9-18(14-20)24-23-25(30)21-15-19(28)11-12-22(21)33-26(23)27(31)29(24)16-17-7-4-3-5-8-17/h2-12,14-15,24H,1,13,16H2. The molecule has 0 fully saturated rings. The number of carbonyl (C=O) groups excluding carboxylic acids is 1. The van der Waals surface area contributed by atoms with E-state index in [0.29, 0.717) is 17.9 Å². The van der Waals surface area contributed by atoms with Crippen LogP contribution < -0.4 is 10.2 Å². The van der Waals surface area contributed by atoms with Crippen LogP contribution >= 0.6 is 0 Å². The van der Waals surface area contributed by atoms with Crippen molar-refractivity contribution in [3.63, 3.8) is 0 Å². The third-order valence-electron chi connectivity index (χ3n) is 5.67. The van der Waals surface area contributed by atoms with Crippen molar-refractivity contribution in [2.75, 3.05) is 6.61 Å². The number of rotatable bonds is 6. The Bertz CT molecular complexity index is 1430. The number of benzene rings is 3. The van der Waals surface area contributed by atoms with E-state index in [4.69, 9.17) is 9.15 Å². The van der Waals surface area contributed by atoms with Crippen molar-refractivity contribution < 1.29 is 18.3 Å². The predicted molar refractivity (Wildman–Crippen MR) is 123 cm³/mol. The van der Waals surface area contributed by atoms with E-state index < -0.39 is 17.3 Å². The highest BCUT2D eigenvalue weighted by atomic mass is 19.1. The summed E-state index contributed by atoms with van der Waals surface area (Å²) in [4.78, 5) is 28.6. The summed E-state index contributed by atoms with van der Waals surface area (Å²) in [5.41, 5.74) is 1.57. The number of hydrogen-bond acceptors (Lipinski definition) is 4. The van der Waals surface area contributed by atoms with Gasteiger partial charge in [-0.25, -0.2) is 4.39 Å². The molecule has 1 unspecified atom stereocenters. The summed E-state index contributed by atoms with van der Waals surface area (Å²) < 4.78 is 25.5. The van der Waals surface area contributed by atoms with Gasteiger partial charge in [-0.05, 0) is 41.5 Å². The number of hydrogen-bond donors (Lipinski definition) is 0. The van der Waals surface area contributed by atoms with Crippen LogP contribution in [0.2, 0.25) is 0 Å². The smallest absolute Gasteiger partial charge is 0.291 e. The summed E-state index contributed by atoms with van der Waals surface area (Å²) in [6.07, 6.45) is 1.64. The number of ether oxygens (including phenoxy) is 1. The molecule has 0 saturated heterocycles. The first-order valence-corrected chi connectivity index (χ1v) is 10.5. The molecule has 1 aliphatic heterocycles. The molecule has 5 nitrogen and oxygen atoms in total. The van der Waals surface area contributed by atoms with Crippen LogP contribution in [0.4, 0.5) is 4.39 Å². The molecule has 1 atom stereocenters. The second-order valence-corrected chi connectivity index (χ2v) is 7.81. The number of fused-ring (bicyclic) bond motifs is 2. The van der Waals surface area contributed by atoms with Gasteiger partial charge in [-0.1, -0.05) is 55.1 Å². The van der Waals surface area contributed by atoms with E-state index in [1.807, 2.05) is 36.4 Å². The van der Waals surface area contributed by atoms with Gasteiger partial charge in [0.25, 0.3) is 5.91 Å². The molecule has 0 aliphatic carbocycles. The maximum absolute atomic E-state index is 13.9. The second-order valence-electron chi connectivity index (χ2n) is 7.81. The molecule has 5 rings (SSSR count). The van der Waals surface area contributed by atoms with Gasteiger partial charge in [0.05, 0.1) is 17.0 Å². The minimum absolute atomic E-state index is 0.0162. The van der Waals surface area contributed by atoms with Gasteiger partial charge in [-0.15, -0.1) is 0 Å². The van der Waals surface area contributed by atoms with E-state index in [2.05, 4.69) is 6.58 Å². The Hall–Kier alpha value is -4.19. The molecule has 6 heteroatoms. The average Bonchev–Trinajstić information content (AvgIpc) is 3.11. The Morgan fingerprint density at radius 3 is 2.64 bits per heavy atom. The Morgan fingerprint density at radius 2 is 1.85 bits per heavy atom. The van der Waals surface area contributed by atoms with Gasteiger partial charge in [-0.2, -0.15) is 0 Å². The lowest BCUT2D eigenvalue weighted by atomic mass is 9.98. The third-order valence-corrected chi connectivity index (χ3v) is 5.67. The molecule has 3 aromatic carbocycles. The number of carbonyl (C=O) groups is 1. The average molecular weight is 441 g/mol. The quantitative estimate of drug-likeness (QED) is 0.384. The van der Waals surface area contributed by atoms with Crippen molar-refractivity contribution in [2.45, 2.75) is 12.6 Å². The molecule has 1 aromatic heterocycles. The van der Waals surface area contributed by atoms with E-state index in [-0.39, 0.29) is 34.7 Å². The molecule has 2 heterocycles. The maximum Gasteiger partial charge on any atom is 0.291 e. The summed E-state index contributed by atoms with van der Waals surface area (Å²) in [5.74, 6) is -0.363. The van der Waals surface area contributed by atoms with Crippen molar-refractivity contribution in [2.24, 2.45) is 0 Å². The lowest BCUT2D eigenvalue weighted by Crippen LogP contribution is -2.29. The van der Waals surface area contributed by atoms with Crippen LogP contribution in [0.15, 0.2) is 94.7 Å². The molecule has 1 amide bonds. The minimum Gasteiger partial charge on any atom is -0.490 e.